The van der Waals surface area contributed by atoms with E-state index in [-0.39, 0.29) is 0 Å². The maximum absolute atomic E-state index is 9.52. The Balaban J connectivity index is 1.58. The number of rotatable bonds is 3. The Morgan fingerprint density at radius 2 is 1.72 bits per heavy atom. The van der Waals surface area contributed by atoms with Crippen molar-refractivity contribution >= 4 is 0 Å². The van der Waals surface area contributed by atoms with Gasteiger partial charge < -0.3 is 10.4 Å². The van der Waals surface area contributed by atoms with Gasteiger partial charge in [0.05, 0.1) is 0 Å². The molecule has 3 heteroatoms. The Bertz CT molecular complexity index is 271. The summed E-state index contributed by atoms with van der Waals surface area (Å²) in [6.45, 7) is 2.98. The van der Waals surface area contributed by atoms with E-state index in [9.17, 15) is 5.11 Å². The van der Waals surface area contributed by atoms with Crippen LogP contribution in [0.2, 0.25) is 0 Å². The molecule has 3 nitrogen and oxygen atoms in total. The predicted octanol–water partition coefficient (Wildman–Crippen LogP) is 1.75. The van der Waals surface area contributed by atoms with Crippen LogP contribution in [0.25, 0.3) is 0 Å². The molecule has 2 heterocycles. The first-order chi connectivity index (χ1) is 8.88. The van der Waals surface area contributed by atoms with Gasteiger partial charge in [0, 0.05) is 31.3 Å². The maximum Gasteiger partial charge on any atom is 0.0474 e. The quantitative estimate of drug-likeness (QED) is 0.803. The van der Waals surface area contributed by atoms with Gasteiger partial charge in [-0.05, 0) is 44.6 Å². The highest BCUT2D eigenvalue weighted by Crippen LogP contribution is 2.30. The Kier molecular flexibility index (Phi) is 4.22. The summed E-state index contributed by atoms with van der Waals surface area (Å²) >= 11 is 0. The smallest absolute Gasteiger partial charge is 0.0474 e. The molecule has 4 atom stereocenters. The summed E-state index contributed by atoms with van der Waals surface area (Å²) in [6, 6.07) is 2.07. The maximum atomic E-state index is 9.52. The highest BCUT2D eigenvalue weighted by molar-refractivity contribution is 4.96. The molecule has 2 saturated heterocycles. The third-order valence-electron chi connectivity index (χ3n) is 5.43. The molecule has 1 aliphatic carbocycles. The molecule has 1 saturated carbocycles. The van der Waals surface area contributed by atoms with Crippen molar-refractivity contribution in [1.82, 2.24) is 10.2 Å². The van der Waals surface area contributed by atoms with E-state index in [2.05, 4.69) is 10.2 Å². The van der Waals surface area contributed by atoms with Gasteiger partial charge in [-0.2, -0.15) is 0 Å². The fourth-order valence-electron chi connectivity index (χ4n) is 4.36. The molecule has 2 aliphatic heterocycles. The monoisotopic (exact) mass is 252 g/mol. The van der Waals surface area contributed by atoms with Gasteiger partial charge in [0.25, 0.3) is 0 Å². The predicted molar refractivity (Wildman–Crippen MR) is 73.6 cm³/mol. The van der Waals surface area contributed by atoms with Crippen LogP contribution in [0.3, 0.4) is 0 Å². The van der Waals surface area contributed by atoms with Crippen LogP contribution in [0.4, 0.5) is 0 Å². The highest BCUT2D eigenvalue weighted by Gasteiger charge is 2.37. The zero-order valence-corrected chi connectivity index (χ0v) is 11.5. The molecule has 3 rings (SSSR count). The average Bonchev–Trinajstić information content (AvgIpc) is 2.83. The van der Waals surface area contributed by atoms with Crippen LogP contribution in [-0.4, -0.2) is 47.8 Å². The van der Waals surface area contributed by atoms with Gasteiger partial charge in [0.2, 0.25) is 0 Å². The molecule has 0 spiro atoms. The number of piperidine rings is 1. The van der Waals surface area contributed by atoms with E-state index in [1.165, 1.54) is 64.5 Å². The summed E-state index contributed by atoms with van der Waals surface area (Å²) in [5.41, 5.74) is 0. The van der Waals surface area contributed by atoms with Gasteiger partial charge in [0.1, 0.15) is 0 Å². The second kappa shape index (κ2) is 5.89. The summed E-state index contributed by atoms with van der Waals surface area (Å²) in [6.07, 6.45) is 10.6. The van der Waals surface area contributed by atoms with Crippen molar-refractivity contribution in [1.29, 1.82) is 0 Å². The molecule has 0 bridgehead atoms. The molecule has 2 N–H and O–H groups in total. The molecule has 0 aromatic rings. The molecule has 0 aromatic carbocycles. The first-order valence-corrected chi connectivity index (χ1v) is 7.99. The van der Waals surface area contributed by atoms with Crippen molar-refractivity contribution in [3.63, 3.8) is 0 Å². The molecule has 4 unspecified atom stereocenters. The van der Waals surface area contributed by atoms with Crippen molar-refractivity contribution in [3.8, 4) is 0 Å². The molecule has 3 fully saturated rings. The second-order valence-electron chi connectivity index (χ2n) is 6.49. The summed E-state index contributed by atoms with van der Waals surface area (Å²) < 4.78 is 0. The van der Waals surface area contributed by atoms with E-state index in [4.69, 9.17) is 0 Å². The second-order valence-corrected chi connectivity index (χ2v) is 6.49. The van der Waals surface area contributed by atoms with Crippen LogP contribution in [0.1, 0.15) is 51.4 Å². The van der Waals surface area contributed by atoms with Crippen LogP contribution in [0.5, 0.6) is 0 Å². The zero-order chi connectivity index (χ0) is 12.4. The number of fused-ring (bicyclic) bond motifs is 1. The van der Waals surface area contributed by atoms with Crippen molar-refractivity contribution in [2.75, 3.05) is 19.7 Å². The van der Waals surface area contributed by atoms with Crippen molar-refractivity contribution < 1.29 is 5.11 Å². The van der Waals surface area contributed by atoms with Crippen LogP contribution in [0, 0.1) is 5.92 Å². The fraction of sp³-hybridized carbons (Fsp3) is 1.00. The van der Waals surface area contributed by atoms with E-state index in [1.807, 2.05) is 0 Å². The number of aliphatic hydroxyl groups is 1. The molecule has 0 aromatic heterocycles. The molecule has 104 valence electrons. The molecule has 0 radical (unpaired) electrons. The van der Waals surface area contributed by atoms with Gasteiger partial charge in [-0.15, -0.1) is 0 Å². The minimum Gasteiger partial charge on any atom is -0.396 e. The topological polar surface area (TPSA) is 35.5 Å². The van der Waals surface area contributed by atoms with Crippen LogP contribution < -0.4 is 5.32 Å². The van der Waals surface area contributed by atoms with E-state index >= 15 is 0 Å². The average molecular weight is 252 g/mol. The van der Waals surface area contributed by atoms with Gasteiger partial charge >= 0.3 is 0 Å². The largest absolute Gasteiger partial charge is 0.396 e. The number of hydrogen-bond acceptors (Lipinski definition) is 3. The molecule has 3 aliphatic rings. The Labute approximate surface area is 111 Å². The summed E-state index contributed by atoms with van der Waals surface area (Å²) in [7, 11) is 0. The summed E-state index contributed by atoms with van der Waals surface area (Å²) in [5.74, 6) is 0.511. The molecular weight excluding hydrogens is 224 g/mol. The van der Waals surface area contributed by atoms with Crippen molar-refractivity contribution in [2.24, 2.45) is 5.92 Å². The number of hydrogen-bond donors (Lipinski definition) is 2. The third kappa shape index (κ3) is 2.59. The SMILES string of the molecule is OCC1CCCCC1NC1CCN2CCCCC12. The van der Waals surface area contributed by atoms with E-state index in [0.717, 1.165) is 6.04 Å². The number of nitrogens with zero attached hydrogens (tertiary/aromatic N) is 1. The van der Waals surface area contributed by atoms with Gasteiger partial charge in [-0.3, -0.25) is 4.90 Å². The van der Waals surface area contributed by atoms with Gasteiger partial charge in [0.15, 0.2) is 0 Å². The molecular formula is C15H28N2O. The lowest BCUT2D eigenvalue weighted by Gasteiger charge is -2.37. The lowest BCUT2D eigenvalue weighted by Crippen LogP contribution is -2.51. The Hall–Kier alpha value is -0.120. The lowest BCUT2D eigenvalue weighted by molar-refractivity contribution is 0.129. The fourth-order valence-corrected chi connectivity index (χ4v) is 4.36. The Morgan fingerprint density at radius 3 is 2.61 bits per heavy atom. The lowest BCUT2D eigenvalue weighted by atomic mass is 9.84. The number of aliphatic hydroxyl groups excluding tert-OH is 1. The van der Waals surface area contributed by atoms with E-state index in [1.54, 1.807) is 0 Å². The standard InChI is InChI=1S/C15H28N2O/c18-11-12-5-1-2-6-13(12)16-14-8-10-17-9-4-3-7-15(14)17/h12-16,18H,1-11H2. The highest BCUT2D eigenvalue weighted by atomic mass is 16.3. The number of nitrogens with one attached hydrogen (secondary N) is 1. The van der Waals surface area contributed by atoms with Crippen LogP contribution >= 0.6 is 0 Å². The summed E-state index contributed by atoms with van der Waals surface area (Å²) in [5, 5.41) is 13.4. The first-order valence-electron chi connectivity index (χ1n) is 7.99. The van der Waals surface area contributed by atoms with Crippen molar-refractivity contribution in [2.45, 2.75) is 69.5 Å². The third-order valence-corrected chi connectivity index (χ3v) is 5.43. The normalized spacial score (nSPS) is 41.8. The van der Waals surface area contributed by atoms with Gasteiger partial charge in [-0.25, -0.2) is 0 Å². The first kappa shape index (κ1) is 12.9. The molecule has 18 heavy (non-hydrogen) atoms. The van der Waals surface area contributed by atoms with Gasteiger partial charge in [-0.1, -0.05) is 19.3 Å². The molecule has 0 amide bonds. The van der Waals surface area contributed by atoms with Crippen LogP contribution in [0.15, 0.2) is 0 Å². The minimum absolute atomic E-state index is 0.374. The Morgan fingerprint density at radius 1 is 0.889 bits per heavy atom. The van der Waals surface area contributed by atoms with Crippen LogP contribution in [-0.2, 0) is 0 Å². The van der Waals surface area contributed by atoms with Crippen molar-refractivity contribution in [3.05, 3.63) is 0 Å². The minimum atomic E-state index is 0.374. The summed E-state index contributed by atoms with van der Waals surface area (Å²) in [4.78, 5) is 2.69. The zero-order valence-electron chi connectivity index (χ0n) is 11.5. The van der Waals surface area contributed by atoms with E-state index < -0.39 is 0 Å². The van der Waals surface area contributed by atoms with E-state index in [0.29, 0.717) is 24.6 Å².